The molecule has 0 aliphatic rings. The van der Waals surface area contributed by atoms with E-state index in [-0.39, 0.29) is 82.3 Å². The van der Waals surface area contributed by atoms with Crippen molar-refractivity contribution in [3.05, 3.63) is 35.4 Å². The molecule has 1 aromatic carbocycles. The Morgan fingerprint density at radius 1 is 0.857 bits per heavy atom. The van der Waals surface area contributed by atoms with Crippen LogP contribution in [0.1, 0.15) is 61.7 Å². The molecular weight excluding hydrogens is 389 g/mol. The Morgan fingerprint density at radius 3 is 1.48 bits per heavy atom. The van der Waals surface area contributed by atoms with Crippen LogP contribution >= 0.6 is 0 Å². The van der Waals surface area contributed by atoms with Crippen LogP contribution in [0.2, 0.25) is 0 Å². The Labute approximate surface area is 186 Å². The summed E-state index contributed by atoms with van der Waals surface area (Å²) in [6.07, 6.45) is 3.67. The van der Waals surface area contributed by atoms with Crippen molar-refractivity contribution >= 4 is 11.9 Å². The van der Waals surface area contributed by atoms with E-state index in [0.29, 0.717) is 24.3 Å². The van der Waals surface area contributed by atoms with Gasteiger partial charge in [-0.3, -0.25) is 0 Å². The molecule has 0 heterocycles. The summed E-state index contributed by atoms with van der Waals surface area (Å²) < 4.78 is 10.2. The van der Waals surface area contributed by atoms with E-state index in [1.807, 2.05) is 13.8 Å². The first kappa shape index (κ1) is 21.2. The van der Waals surface area contributed by atoms with Crippen molar-refractivity contribution in [2.75, 3.05) is 13.2 Å². The monoisotopic (exact) mass is 412 g/mol. The molecule has 4 nitrogen and oxygen atoms in total. The number of ether oxygens (including phenoxy) is 2. The molecule has 21 heavy (non-hydrogen) atoms. The summed E-state index contributed by atoms with van der Waals surface area (Å²) in [6.45, 7) is 4.92. The second-order valence-corrected chi connectivity index (χ2v) is 4.56. The molecule has 0 N–H and O–H groups in total. The van der Waals surface area contributed by atoms with E-state index >= 15 is 0 Å². The molecule has 0 aliphatic carbocycles. The SMILES string of the molecule is CCCCOC(=O)c1ccc(C(=O)OCCCC)cc1.[Cs+].[H-]. The summed E-state index contributed by atoms with van der Waals surface area (Å²) in [5.74, 6) is -0.714. The largest absolute Gasteiger partial charge is 1.00 e. The standard InChI is InChI=1S/C16H22O4.Cs.H/c1-3-5-11-19-15(17)13-7-9-14(10-8-13)16(18)20-12-6-4-2;;/h7-10H,3-6,11-12H2,1-2H3;;/q;+1;-1. The maximum absolute atomic E-state index is 11.7. The molecule has 0 saturated heterocycles. The molecule has 0 bridgehead atoms. The maximum Gasteiger partial charge on any atom is 1.00 e. The Hall–Kier alpha value is 0.212. The van der Waals surface area contributed by atoms with Crippen LogP contribution in [-0.2, 0) is 9.47 Å². The molecule has 0 radical (unpaired) electrons. The van der Waals surface area contributed by atoms with E-state index < -0.39 is 0 Å². The molecule has 1 aromatic rings. The third kappa shape index (κ3) is 8.42. The van der Waals surface area contributed by atoms with Crippen molar-refractivity contribution in [1.29, 1.82) is 0 Å². The van der Waals surface area contributed by atoms with Crippen molar-refractivity contribution < 1.29 is 89.4 Å². The first-order valence-electron chi connectivity index (χ1n) is 7.13. The van der Waals surface area contributed by atoms with Crippen molar-refractivity contribution in [1.82, 2.24) is 0 Å². The molecule has 0 spiro atoms. The van der Waals surface area contributed by atoms with Crippen molar-refractivity contribution in [2.45, 2.75) is 39.5 Å². The Balaban J connectivity index is 0. The fourth-order valence-corrected chi connectivity index (χ4v) is 1.53. The van der Waals surface area contributed by atoms with Gasteiger partial charge in [-0.15, -0.1) is 0 Å². The normalized spacial score (nSPS) is 9.62. The van der Waals surface area contributed by atoms with Gasteiger partial charge in [-0.1, -0.05) is 26.7 Å². The van der Waals surface area contributed by atoms with Gasteiger partial charge < -0.3 is 10.9 Å². The second-order valence-electron chi connectivity index (χ2n) is 4.56. The molecule has 0 unspecified atom stereocenters. The summed E-state index contributed by atoms with van der Waals surface area (Å²) in [6, 6.07) is 6.35. The molecule has 0 fully saturated rings. The van der Waals surface area contributed by atoms with Crippen LogP contribution in [-0.4, -0.2) is 25.2 Å². The first-order chi connectivity index (χ1) is 9.69. The minimum absolute atomic E-state index is 0. The van der Waals surface area contributed by atoms with E-state index in [0.717, 1.165) is 25.7 Å². The summed E-state index contributed by atoms with van der Waals surface area (Å²) in [7, 11) is 0. The van der Waals surface area contributed by atoms with Crippen LogP contribution in [0.4, 0.5) is 0 Å². The average Bonchev–Trinajstić information content (AvgIpc) is 2.47. The third-order valence-corrected chi connectivity index (χ3v) is 2.82. The first-order valence-corrected chi connectivity index (χ1v) is 7.13. The zero-order chi connectivity index (χ0) is 14.8. The summed E-state index contributed by atoms with van der Waals surface area (Å²) in [5, 5.41) is 0. The van der Waals surface area contributed by atoms with Gasteiger partial charge in [0.25, 0.3) is 0 Å². The van der Waals surface area contributed by atoms with Crippen LogP contribution in [0.15, 0.2) is 24.3 Å². The van der Waals surface area contributed by atoms with Crippen LogP contribution in [0, 0.1) is 0 Å². The van der Waals surface area contributed by atoms with Gasteiger partial charge in [-0.05, 0) is 37.1 Å². The van der Waals surface area contributed by atoms with Gasteiger partial charge in [-0.2, -0.15) is 0 Å². The van der Waals surface area contributed by atoms with E-state index in [9.17, 15) is 9.59 Å². The number of hydrogen-bond acceptors (Lipinski definition) is 4. The zero-order valence-electron chi connectivity index (χ0n) is 14.2. The Kier molecular flexibility index (Phi) is 12.9. The third-order valence-electron chi connectivity index (χ3n) is 2.82. The van der Waals surface area contributed by atoms with Gasteiger partial charge >= 0.3 is 80.8 Å². The predicted molar refractivity (Wildman–Crippen MR) is 77.9 cm³/mol. The van der Waals surface area contributed by atoms with Crippen LogP contribution in [0.25, 0.3) is 0 Å². The number of unbranched alkanes of at least 4 members (excludes halogenated alkanes) is 2. The van der Waals surface area contributed by atoms with E-state index in [1.54, 1.807) is 24.3 Å². The number of rotatable bonds is 8. The fourth-order valence-electron chi connectivity index (χ4n) is 1.53. The van der Waals surface area contributed by atoms with Gasteiger partial charge in [0, 0.05) is 0 Å². The number of hydrogen-bond donors (Lipinski definition) is 0. The van der Waals surface area contributed by atoms with Gasteiger partial charge in [0.2, 0.25) is 0 Å². The topological polar surface area (TPSA) is 52.6 Å². The average molecular weight is 412 g/mol. The number of carbonyl (C=O) groups excluding carboxylic acids is 2. The molecule has 112 valence electrons. The maximum atomic E-state index is 11.7. The summed E-state index contributed by atoms with van der Waals surface area (Å²) >= 11 is 0. The minimum Gasteiger partial charge on any atom is -1.00 e. The van der Waals surface area contributed by atoms with Gasteiger partial charge in [0.05, 0.1) is 24.3 Å². The quantitative estimate of drug-likeness (QED) is 0.467. The smallest absolute Gasteiger partial charge is 1.00 e. The van der Waals surface area contributed by atoms with Crippen LogP contribution in [0.3, 0.4) is 0 Å². The van der Waals surface area contributed by atoms with Crippen molar-refractivity contribution in [3.63, 3.8) is 0 Å². The van der Waals surface area contributed by atoms with Crippen LogP contribution < -0.4 is 68.9 Å². The molecule has 0 saturated carbocycles. The Bertz CT molecular complexity index is 393. The predicted octanol–water partition coefficient (Wildman–Crippen LogP) is 0.717. The van der Waals surface area contributed by atoms with E-state index in [2.05, 4.69) is 0 Å². The van der Waals surface area contributed by atoms with Gasteiger partial charge in [-0.25, -0.2) is 9.59 Å². The molecule has 0 amide bonds. The van der Waals surface area contributed by atoms with Crippen LogP contribution in [0.5, 0.6) is 0 Å². The van der Waals surface area contributed by atoms with Gasteiger partial charge in [0.15, 0.2) is 0 Å². The van der Waals surface area contributed by atoms with Crippen molar-refractivity contribution in [2.24, 2.45) is 0 Å². The minimum atomic E-state index is -0.357. The number of carbonyl (C=O) groups is 2. The summed E-state index contributed by atoms with van der Waals surface area (Å²) in [4.78, 5) is 23.3. The van der Waals surface area contributed by atoms with E-state index in [1.165, 1.54) is 0 Å². The second kappa shape index (κ2) is 12.7. The molecule has 1 rings (SSSR count). The molecule has 5 heteroatoms. The number of benzene rings is 1. The fraction of sp³-hybridized carbons (Fsp3) is 0.500. The number of esters is 2. The Morgan fingerprint density at radius 2 is 1.19 bits per heavy atom. The molecule has 0 aromatic heterocycles. The molecule has 0 atom stereocenters. The van der Waals surface area contributed by atoms with E-state index in [4.69, 9.17) is 9.47 Å². The molecular formula is C16H23CsO4. The van der Waals surface area contributed by atoms with Gasteiger partial charge in [0.1, 0.15) is 0 Å². The van der Waals surface area contributed by atoms with Crippen molar-refractivity contribution in [3.8, 4) is 0 Å². The molecule has 0 aliphatic heterocycles. The summed E-state index contributed by atoms with van der Waals surface area (Å²) in [5.41, 5.74) is 0.900. The zero-order valence-corrected chi connectivity index (χ0v) is 19.5.